The molecule has 0 radical (unpaired) electrons. The number of benzene rings is 1. The van der Waals surface area contributed by atoms with Crippen molar-refractivity contribution >= 4 is 5.91 Å². The van der Waals surface area contributed by atoms with Gasteiger partial charge in [0.25, 0.3) is 5.91 Å². The summed E-state index contributed by atoms with van der Waals surface area (Å²) in [4.78, 5) is 14.2. The maximum atomic E-state index is 13.7. The summed E-state index contributed by atoms with van der Waals surface area (Å²) in [6.07, 6.45) is -0.701. The number of hydrogen-bond acceptors (Lipinski definition) is 4. The summed E-state index contributed by atoms with van der Waals surface area (Å²) in [5, 5.41) is 11.6. The summed E-state index contributed by atoms with van der Waals surface area (Å²) in [5.41, 5.74) is -0.0691. The largest absolute Gasteiger partial charge is 0.366 e. The molecule has 2 atom stereocenters. The lowest BCUT2D eigenvalue weighted by Crippen LogP contribution is -2.50. The van der Waals surface area contributed by atoms with E-state index in [4.69, 9.17) is 10.00 Å². The number of likely N-dealkylation sites (N-methyl/N-ethyl adjacent to an activating group) is 1. The SMILES string of the molecule is CCN1CCO[C@@H](C(=O)N[C@H](C#N)c2ccc(F)cc2F)C1. The minimum Gasteiger partial charge on any atom is -0.366 e. The molecule has 1 aliphatic heterocycles. The summed E-state index contributed by atoms with van der Waals surface area (Å²) in [6.45, 7) is 4.36. The number of carbonyl (C=O) groups excluding carboxylic acids is 1. The molecule has 5 nitrogen and oxygen atoms in total. The van der Waals surface area contributed by atoms with Gasteiger partial charge < -0.3 is 10.1 Å². The van der Waals surface area contributed by atoms with E-state index >= 15 is 0 Å². The second-order valence-electron chi connectivity index (χ2n) is 4.99. The number of nitrogens with zero attached hydrogens (tertiary/aromatic N) is 2. The van der Waals surface area contributed by atoms with Crippen molar-refractivity contribution in [2.75, 3.05) is 26.2 Å². The molecule has 1 amide bonds. The fourth-order valence-electron chi connectivity index (χ4n) is 2.30. The second-order valence-corrected chi connectivity index (χ2v) is 4.99. The summed E-state index contributed by atoms with van der Waals surface area (Å²) in [6, 6.07) is 3.50. The van der Waals surface area contributed by atoms with Crippen LogP contribution < -0.4 is 5.32 Å². The first-order valence-corrected chi connectivity index (χ1v) is 7.04. The Kier molecular flexibility index (Phi) is 5.41. The minimum absolute atomic E-state index is 0.0691. The third-order valence-electron chi connectivity index (χ3n) is 3.58. The van der Waals surface area contributed by atoms with Crippen LogP contribution >= 0.6 is 0 Å². The van der Waals surface area contributed by atoms with Gasteiger partial charge in [0, 0.05) is 24.7 Å². The Balaban J connectivity index is 2.06. The Morgan fingerprint density at radius 3 is 3.00 bits per heavy atom. The highest BCUT2D eigenvalue weighted by Gasteiger charge is 2.28. The Labute approximate surface area is 127 Å². The van der Waals surface area contributed by atoms with Crippen LogP contribution in [0.2, 0.25) is 0 Å². The predicted molar refractivity (Wildman–Crippen MR) is 74.7 cm³/mol. The highest BCUT2D eigenvalue weighted by molar-refractivity contribution is 5.82. The van der Waals surface area contributed by atoms with E-state index in [9.17, 15) is 13.6 Å². The highest BCUT2D eigenvalue weighted by atomic mass is 19.1. The van der Waals surface area contributed by atoms with Crippen LogP contribution in [0.5, 0.6) is 0 Å². The topological polar surface area (TPSA) is 65.4 Å². The Morgan fingerprint density at radius 1 is 1.59 bits per heavy atom. The molecule has 7 heteroatoms. The van der Waals surface area contributed by atoms with E-state index < -0.39 is 29.7 Å². The van der Waals surface area contributed by atoms with Crippen LogP contribution in [0, 0.1) is 23.0 Å². The molecule has 1 heterocycles. The lowest BCUT2D eigenvalue weighted by Gasteiger charge is -2.31. The molecular formula is C15H17F2N3O2. The number of rotatable bonds is 4. The molecule has 1 N–H and O–H groups in total. The van der Waals surface area contributed by atoms with E-state index in [-0.39, 0.29) is 5.56 Å². The maximum Gasteiger partial charge on any atom is 0.251 e. The van der Waals surface area contributed by atoms with Crippen molar-refractivity contribution in [3.63, 3.8) is 0 Å². The van der Waals surface area contributed by atoms with E-state index in [1.165, 1.54) is 0 Å². The molecule has 0 spiro atoms. The van der Waals surface area contributed by atoms with E-state index in [1.54, 1.807) is 0 Å². The molecule has 1 aromatic rings. The van der Waals surface area contributed by atoms with Gasteiger partial charge >= 0.3 is 0 Å². The molecular weight excluding hydrogens is 292 g/mol. The van der Waals surface area contributed by atoms with Crippen LogP contribution in [0.15, 0.2) is 18.2 Å². The zero-order valence-electron chi connectivity index (χ0n) is 12.2. The number of hydrogen-bond donors (Lipinski definition) is 1. The number of amides is 1. The highest BCUT2D eigenvalue weighted by Crippen LogP contribution is 2.18. The Hall–Kier alpha value is -2.04. The molecule has 1 fully saturated rings. The van der Waals surface area contributed by atoms with Gasteiger partial charge in [0.05, 0.1) is 12.7 Å². The van der Waals surface area contributed by atoms with Crippen LogP contribution in [0.1, 0.15) is 18.5 Å². The third-order valence-corrected chi connectivity index (χ3v) is 3.58. The van der Waals surface area contributed by atoms with Gasteiger partial charge in [-0.1, -0.05) is 13.0 Å². The summed E-state index contributed by atoms with van der Waals surface area (Å²) >= 11 is 0. The molecule has 1 aromatic carbocycles. The molecule has 0 saturated carbocycles. The average Bonchev–Trinajstić information content (AvgIpc) is 2.53. The van der Waals surface area contributed by atoms with Crippen LogP contribution in [0.3, 0.4) is 0 Å². The normalized spacial score (nSPS) is 20.2. The lowest BCUT2D eigenvalue weighted by atomic mass is 10.1. The van der Waals surface area contributed by atoms with Gasteiger partial charge in [-0.15, -0.1) is 0 Å². The first-order chi connectivity index (χ1) is 10.5. The van der Waals surface area contributed by atoms with Crippen molar-refractivity contribution in [2.45, 2.75) is 19.1 Å². The fraction of sp³-hybridized carbons (Fsp3) is 0.467. The molecule has 2 rings (SSSR count). The number of nitriles is 1. The van der Waals surface area contributed by atoms with Gasteiger partial charge in [0.1, 0.15) is 23.8 Å². The van der Waals surface area contributed by atoms with Crippen molar-refractivity contribution in [1.29, 1.82) is 5.26 Å². The standard InChI is InChI=1S/C15H17F2N3O2/c1-2-20-5-6-22-14(9-20)15(21)19-13(8-18)11-4-3-10(16)7-12(11)17/h3-4,7,13-14H,2,5-6,9H2,1H3,(H,19,21)/t13-,14-/m1/s1. The Morgan fingerprint density at radius 2 is 2.36 bits per heavy atom. The fourth-order valence-corrected chi connectivity index (χ4v) is 2.30. The van der Waals surface area contributed by atoms with Gasteiger partial charge in [-0.25, -0.2) is 8.78 Å². The van der Waals surface area contributed by atoms with Gasteiger partial charge in [-0.05, 0) is 12.6 Å². The number of ether oxygens (including phenoxy) is 1. The third kappa shape index (κ3) is 3.78. The van der Waals surface area contributed by atoms with Gasteiger partial charge in [0.2, 0.25) is 0 Å². The van der Waals surface area contributed by atoms with Crippen LogP contribution in [0.25, 0.3) is 0 Å². The zero-order valence-corrected chi connectivity index (χ0v) is 12.2. The summed E-state index contributed by atoms with van der Waals surface area (Å²) < 4.78 is 32.0. The molecule has 1 aliphatic rings. The number of halogens is 2. The van der Waals surface area contributed by atoms with Gasteiger partial charge in [-0.2, -0.15) is 5.26 Å². The first-order valence-electron chi connectivity index (χ1n) is 7.04. The van der Waals surface area contributed by atoms with Crippen LogP contribution in [0.4, 0.5) is 8.78 Å². The van der Waals surface area contributed by atoms with Crippen molar-refractivity contribution in [3.8, 4) is 6.07 Å². The van der Waals surface area contributed by atoms with Crippen LogP contribution in [-0.4, -0.2) is 43.2 Å². The van der Waals surface area contributed by atoms with Crippen molar-refractivity contribution in [3.05, 3.63) is 35.4 Å². The van der Waals surface area contributed by atoms with Crippen molar-refractivity contribution in [2.24, 2.45) is 0 Å². The quantitative estimate of drug-likeness (QED) is 0.912. The molecule has 118 valence electrons. The number of carbonyl (C=O) groups is 1. The summed E-state index contributed by atoms with van der Waals surface area (Å²) in [7, 11) is 0. The molecule has 1 saturated heterocycles. The van der Waals surface area contributed by atoms with Gasteiger partial charge in [-0.3, -0.25) is 9.69 Å². The molecule has 0 unspecified atom stereocenters. The molecule has 0 bridgehead atoms. The Bertz CT molecular complexity index is 589. The predicted octanol–water partition coefficient (Wildman–Crippen LogP) is 1.37. The van der Waals surface area contributed by atoms with E-state index in [0.29, 0.717) is 19.2 Å². The van der Waals surface area contributed by atoms with E-state index in [0.717, 1.165) is 25.2 Å². The lowest BCUT2D eigenvalue weighted by molar-refractivity contribution is -0.138. The molecule has 0 aromatic heterocycles. The molecule has 0 aliphatic carbocycles. The minimum atomic E-state index is -1.19. The van der Waals surface area contributed by atoms with Crippen molar-refractivity contribution < 1.29 is 18.3 Å². The monoisotopic (exact) mass is 309 g/mol. The smallest absolute Gasteiger partial charge is 0.251 e. The van der Waals surface area contributed by atoms with E-state index in [1.807, 2.05) is 17.9 Å². The second kappa shape index (κ2) is 7.29. The average molecular weight is 309 g/mol. The number of morpholine rings is 1. The maximum absolute atomic E-state index is 13.7. The van der Waals surface area contributed by atoms with Crippen molar-refractivity contribution in [1.82, 2.24) is 10.2 Å². The van der Waals surface area contributed by atoms with Gasteiger partial charge in [0.15, 0.2) is 0 Å². The van der Waals surface area contributed by atoms with Crippen LogP contribution in [-0.2, 0) is 9.53 Å². The number of nitrogens with one attached hydrogen (secondary N) is 1. The molecule has 22 heavy (non-hydrogen) atoms. The van der Waals surface area contributed by atoms with E-state index in [2.05, 4.69) is 5.32 Å². The summed E-state index contributed by atoms with van der Waals surface area (Å²) in [5.74, 6) is -2.08. The first kappa shape index (κ1) is 16.3. The zero-order chi connectivity index (χ0) is 16.1.